The number of rotatable bonds is 8. The topological polar surface area (TPSA) is 58.4 Å². The summed E-state index contributed by atoms with van der Waals surface area (Å²) in [4.78, 5) is 14.9. The molecule has 5 heteroatoms. The van der Waals surface area contributed by atoms with Gasteiger partial charge in [0.2, 0.25) is 0 Å². The Bertz CT molecular complexity index is 688. The van der Waals surface area contributed by atoms with E-state index in [1.807, 2.05) is 44.1 Å². The lowest BCUT2D eigenvalue weighted by Crippen LogP contribution is -2.24. The fourth-order valence-corrected chi connectivity index (χ4v) is 3.45. The van der Waals surface area contributed by atoms with Crippen LogP contribution in [-0.4, -0.2) is 31.8 Å². The van der Waals surface area contributed by atoms with E-state index < -0.39 is 5.91 Å². The summed E-state index contributed by atoms with van der Waals surface area (Å²) in [6.07, 6.45) is 0.966. The van der Waals surface area contributed by atoms with E-state index in [0.29, 0.717) is 5.56 Å². The Labute approximate surface area is 148 Å². The van der Waals surface area contributed by atoms with Crippen molar-refractivity contribution >= 4 is 29.0 Å². The summed E-state index contributed by atoms with van der Waals surface area (Å²) in [6.45, 7) is 2.14. The number of nitrogens with two attached hydrogens (primary N) is 1. The van der Waals surface area contributed by atoms with Gasteiger partial charge in [-0.2, -0.15) is 0 Å². The molecular weight excluding hydrogens is 318 g/mol. The van der Waals surface area contributed by atoms with Crippen molar-refractivity contribution < 1.29 is 4.79 Å². The van der Waals surface area contributed by atoms with E-state index in [9.17, 15) is 4.79 Å². The number of hydrogen-bond acceptors (Lipinski definition) is 4. The number of nitrogens with one attached hydrogen (secondary N) is 1. The van der Waals surface area contributed by atoms with Crippen molar-refractivity contribution in [3.8, 4) is 0 Å². The molecule has 0 aliphatic heterocycles. The molecule has 0 heterocycles. The fourth-order valence-electron chi connectivity index (χ4n) is 2.35. The number of nitrogens with zero attached hydrogens (tertiary/aromatic N) is 1. The molecule has 0 fully saturated rings. The van der Waals surface area contributed by atoms with Gasteiger partial charge in [-0.15, -0.1) is 11.8 Å². The summed E-state index contributed by atoms with van der Waals surface area (Å²) in [7, 11) is 4.09. The summed E-state index contributed by atoms with van der Waals surface area (Å²) in [6, 6.07) is 16.2. The smallest absolute Gasteiger partial charge is 0.250 e. The van der Waals surface area contributed by atoms with Gasteiger partial charge in [0.25, 0.3) is 5.91 Å². The Kier molecular flexibility index (Phi) is 6.55. The first-order valence-corrected chi connectivity index (χ1v) is 9.05. The fraction of sp³-hybridized carbons (Fsp3) is 0.316. The van der Waals surface area contributed by atoms with Crippen LogP contribution in [0, 0.1) is 0 Å². The van der Waals surface area contributed by atoms with Crippen molar-refractivity contribution in [1.82, 2.24) is 0 Å². The second-order valence-corrected chi connectivity index (χ2v) is 6.96. The molecule has 2 aromatic rings. The first-order chi connectivity index (χ1) is 11.5. The van der Waals surface area contributed by atoms with Crippen LogP contribution in [0.25, 0.3) is 0 Å². The van der Waals surface area contributed by atoms with Crippen LogP contribution >= 0.6 is 11.8 Å². The molecule has 4 nitrogen and oxygen atoms in total. The number of para-hydroxylation sites is 1. The minimum absolute atomic E-state index is 0.263. The monoisotopic (exact) mass is 343 g/mol. The number of carbonyl (C=O) groups excluding carboxylic acids is 1. The van der Waals surface area contributed by atoms with Gasteiger partial charge in [0, 0.05) is 42.2 Å². The molecule has 24 heavy (non-hydrogen) atoms. The molecule has 0 spiro atoms. The third kappa shape index (κ3) is 4.93. The van der Waals surface area contributed by atoms with E-state index in [-0.39, 0.29) is 6.04 Å². The molecule has 0 bridgehead atoms. The SMILES string of the molecule is CCC(CSc1cccc(N(C)C)c1)Nc1ccccc1C(N)=O. The quantitative estimate of drug-likeness (QED) is 0.715. The van der Waals surface area contributed by atoms with Crippen molar-refractivity contribution in [2.24, 2.45) is 5.73 Å². The molecule has 2 rings (SSSR count). The van der Waals surface area contributed by atoms with Gasteiger partial charge in [0.1, 0.15) is 0 Å². The van der Waals surface area contributed by atoms with E-state index in [1.54, 1.807) is 6.07 Å². The Morgan fingerprint density at radius 2 is 1.96 bits per heavy atom. The van der Waals surface area contributed by atoms with Crippen LogP contribution < -0.4 is 16.0 Å². The molecule has 0 saturated heterocycles. The zero-order valence-electron chi connectivity index (χ0n) is 14.5. The van der Waals surface area contributed by atoms with E-state index >= 15 is 0 Å². The van der Waals surface area contributed by atoms with Crippen LogP contribution in [-0.2, 0) is 0 Å². The number of anilines is 2. The molecule has 1 unspecified atom stereocenters. The van der Waals surface area contributed by atoms with Gasteiger partial charge >= 0.3 is 0 Å². The second kappa shape index (κ2) is 8.64. The Morgan fingerprint density at radius 1 is 1.21 bits per heavy atom. The maximum atomic E-state index is 11.5. The Morgan fingerprint density at radius 3 is 2.62 bits per heavy atom. The van der Waals surface area contributed by atoms with Crippen LogP contribution in [0.3, 0.4) is 0 Å². The molecule has 0 radical (unpaired) electrons. The van der Waals surface area contributed by atoms with Gasteiger partial charge in [-0.1, -0.05) is 25.1 Å². The van der Waals surface area contributed by atoms with Crippen molar-refractivity contribution in [3.05, 3.63) is 54.1 Å². The summed E-state index contributed by atoms with van der Waals surface area (Å²) >= 11 is 1.81. The normalized spacial score (nSPS) is 11.8. The molecule has 1 atom stereocenters. The molecule has 3 N–H and O–H groups in total. The van der Waals surface area contributed by atoms with Crippen molar-refractivity contribution in [2.75, 3.05) is 30.1 Å². The molecule has 128 valence electrons. The molecule has 0 aliphatic rings. The van der Waals surface area contributed by atoms with Gasteiger partial charge in [-0.05, 0) is 36.8 Å². The zero-order chi connectivity index (χ0) is 17.5. The predicted molar refractivity (Wildman–Crippen MR) is 104 cm³/mol. The van der Waals surface area contributed by atoms with E-state index in [1.165, 1.54) is 10.6 Å². The van der Waals surface area contributed by atoms with Gasteiger partial charge in [-0.3, -0.25) is 4.79 Å². The second-order valence-electron chi connectivity index (χ2n) is 5.86. The Hall–Kier alpha value is -2.14. The highest BCUT2D eigenvalue weighted by atomic mass is 32.2. The minimum Gasteiger partial charge on any atom is -0.381 e. The minimum atomic E-state index is -0.403. The maximum absolute atomic E-state index is 11.5. The van der Waals surface area contributed by atoms with Gasteiger partial charge in [0.15, 0.2) is 0 Å². The van der Waals surface area contributed by atoms with E-state index in [2.05, 4.69) is 41.4 Å². The average Bonchev–Trinajstić information content (AvgIpc) is 2.59. The lowest BCUT2D eigenvalue weighted by atomic mass is 10.1. The number of thioether (sulfide) groups is 1. The van der Waals surface area contributed by atoms with Crippen LogP contribution in [0.4, 0.5) is 11.4 Å². The van der Waals surface area contributed by atoms with Crippen LogP contribution in [0.2, 0.25) is 0 Å². The lowest BCUT2D eigenvalue weighted by Gasteiger charge is -2.20. The van der Waals surface area contributed by atoms with Crippen molar-refractivity contribution in [1.29, 1.82) is 0 Å². The molecular formula is C19H25N3OS. The molecule has 1 amide bonds. The summed E-state index contributed by atoms with van der Waals surface area (Å²) in [5.74, 6) is 0.514. The van der Waals surface area contributed by atoms with Crippen molar-refractivity contribution in [3.63, 3.8) is 0 Å². The standard InChI is InChI=1S/C19H25N3OS/c1-4-14(21-18-11-6-5-10-17(18)19(20)23)13-24-16-9-7-8-15(12-16)22(2)3/h5-12,14,21H,4,13H2,1-3H3,(H2,20,23). The molecule has 0 aromatic heterocycles. The third-order valence-electron chi connectivity index (χ3n) is 3.83. The first kappa shape index (κ1) is 18.2. The molecule has 0 saturated carbocycles. The third-order valence-corrected chi connectivity index (χ3v) is 4.99. The highest BCUT2D eigenvalue weighted by Crippen LogP contribution is 2.25. The highest BCUT2D eigenvalue weighted by Gasteiger charge is 2.12. The van der Waals surface area contributed by atoms with E-state index in [4.69, 9.17) is 5.73 Å². The number of amides is 1. The summed E-state index contributed by atoms with van der Waals surface area (Å²) in [5, 5.41) is 3.45. The summed E-state index contributed by atoms with van der Waals surface area (Å²) in [5.41, 5.74) is 7.99. The zero-order valence-corrected chi connectivity index (χ0v) is 15.3. The van der Waals surface area contributed by atoms with Crippen molar-refractivity contribution in [2.45, 2.75) is 24.3 Å². The predicted octanol–water partition coefficient (Wildman–Crippen LogP) is 3.83. The van der Waals surface area contributed by atoms with E-state index in [0.717, 1.165) is 17.9 Å². The first-order valence-electron chi connectivity index (χ1n) is 8.06. The maximum Gasteiger partial charge on any atom is 0.250 e. The lowest BCUT2D eigenvalue weighted by molar-refractivity contribution is 0.100. The van der Waals surface area contributed by atoms with Gasteiger partial charge in [0.05, 0.1) is 5.56 Å². The average molecular weight is 343 g/mol. The number of hydrogen-bond donors (Lipinski definition) is 2. The van der Waals surface area contributed by atoms with Gasteiger partial charge < -0.3 is 16.0 Å². The number of carbonyl (C=O) groups is 1. The van der Waals surface area contributed by atoms with Gasteiger partial charge in [-0.25, -0.2) is 0 Å². The summed E-state index contributed by atoms with van der Waals surface area (Å²) < 4.78 is 0. The highest BCUT2D eigenvalue weighted by molar-refractivity contribution is 7.99. The molecule has 2 aromatic carbocycles. The van der Waals surface area contributed by atoms with Crippen LogP contribution in [0.15, 0.2) is 53.4 Å². The number of benzene rings is 2. The van der Waals surface area contributed by atoms with Crippen LogP contribution in [0.1, 0.15) is 23.7 Å². The Balaban J connectivity index is 2.03. The largest absolute Gasteiger partial charge is 0.381 e. The molecule has 0 aliphatic carbocycles. The number of primary amides is 1. The van der Waals surface area contributed by atoms with Crippen LogP contribution in [0.5, 0.6) is 0 Å².